The molecule has 0 rings (SSSR count). The molecule has 0 radical (unpaired) electrons. The van der Waals surface area contributed by atoms with Gasteiger partial charge in [0.2, 0.25) is 0 Å². The highest BCUT2D eigenvalue weighted by Gasteiger charge is 1.84. The molecule has 0 aromatic heterocycles. The molecule has 0 aliphatic heterocycles. The molecule has 0 aromatic rings. The summed E-state index contributed by atoms with van der Waals surface area (Å²) in [5.74, 6) is 0. The SMILES string of the molecule is Br.CCCCCCNCC. The second kappa shape index (κ2) is 12.1. The first-order chi connectivity index (χ1) is 4.41. The smallest absolute Gasteiger partial charge is 0.00490 e. The van der Waals surface area contributed by atoms with Crippen LogP contribution in [-0.4, -0.2) is 13.1 Å². The summed E-state index contributed by atoms with van der Waals surface area (Å²) in [6.07, 6.45) is 5.47. The van der Waals surface area contributed by atoms with Gasteiger partial charge in [-0.15, -0.1) is 17.0 Å². The maximum atomic E-state index is 3.31. The average molecular weight is 210 g/mol. The van der Waals surface area contributed by atoms with Crippen LogP contribution in [0.25, 0.3) is 0 Å². The van der Waals surface area contributed by atoms with Crippen LogP contribution >= 0.6 is 17.0 Å². The Bertz CT molecular complexity index is 42.5. The monoisotopic (exact) mass is 209 g/mol. The van der Waals surface area contributed by atoms with Crippen molar-refractivity contribution in [3.05, 3.63) is 0 Å². The third-order valence-electron chi connectivity index (χ3n) is 1.46. The second-order valence-electron chi connectivity index (χ2n) is 2.41. The number of rotatable bonds is 6. The van der Waals surface area contributed by atoms with Crippen molar-refractivity contribution in [2.75, 3.05) is 13.1 Å². The van der Waals surface area contributed by atoms with Gasteiger partial charge in [-0.2, -0.15) is 0 Å². The number of unbranched alkanes of at least 4 members (excludes halogenated alkanes) is 3. The molecule has 0 heterocycles. The van der Waals surface area contributed by atoms with E-state index in [9.17, 15) is 0 Å². The van der Waals surface area contributed by atoms with Crippen molar-refractivity contribution in [1.29, 1.82) is 0 Å². The third kappa shape index (κ3) is 11.3. The largest absolute Gasteiger partial charge is 0.317 e. The van der Waals surface area contributed by atoms with E-state index in [0.717, 1.165) is 6.54 Å². The van der Waals surface area contributed by atoms with Crippen molar-refractivity contribution in [1.82, 2.24) is 5.32 Å². The van der Waals surface area contributed by atoms with Crippen molar-refractivity contribution in [2.24, 2.45) is 0 Å². The normalized spacial score (nSPS) is 9.00. The summed E-state index contributed by atoms with van der Waals surface area (Å²) in [7, 11) is 0. The van der Waals surface area contributed by atoms with Gasteiger partial charge in [-0.05, 0) is 19.5 Å². The molecule has 0 saturated carbocycles. The Hall–Kier alpha value is 0.440. The van der Waals surface area contributed by atoms with E-state index in [1.807, 2.05) is 0 Å². The van der Waals surface area contributed by atoms with Gasteiger partial charge >= 0.3 is 0 Å². The highest BCUT2D eigenvalue weighted by Crippen LogP contribution is 1.96. The van der Waals surface area contributed by atoms with Gasteiger partial charge in [-0.3, -0.25) is 0 Å². The van der Waals surface area contributed by atoms with Crippen LogP contribution in [0.2, 0.25) is 0 Å². The maximum Gasteiger partial charge on any atom is -0.00490 e. The van der Waals surface area contributed by atoms with Gasteiger partial charge in [0, 0.05) is 0 Å². The first kappa shape index (κ1) is 13.1. The highest BCUT2D eigenvalue weighted by atomic mass is 79.9. The Morgan fingerprint density at radius 3 is 2.20 bits per heavy atom. The maximum absolute atomic E-state index is 3.31. The molecule has 0 aliphatic rings. The molecule has 0 amide bonds. The van der Waals surface area contributed by atoms with Crippen molar-refractivity contribution in [3.8, 4) is 0 Å². The number of hydrogen-bond acceptors (Lipinski definition) is 1. The van der Waals surface area contributed by atoms with E-state index in [1.54, 1.807) is 0 Å². The highest BCUT2D eigenvalue weighted by molar-refractivity contribution is 8.93. The molecule has 0 bridgehead atoms. The van der Waals surface area contributed by atoms with Gasteiger partial charge in [0.25, 0.3) is 0 Å². The van der Waals surface area contributed by atoms with Crippen LogP contribution in [-0.2, 0) is 0 Å². The molecule has 0 saturated heterocycles. The van der Waals surface area contributed by atoms with Crippen molar-refractivity contribution in [3.63, 3.8) is 0 Å². The summed E-state index contributed by atoms with van der Waals surface area (Å²) >= 11 is 0. The van der Waals surface area contributed by atoms with E-state index in [4.69, 9.17) is 0 Å². The summed E-state index contributed by atoms with van der Waals surface area (Å²) in [5.41, 5.74) is 0. The van der Waals surface area contributed by atoms with Gasteiger partial charge in [0.15, 0.2) is 0 Å². The molecule has 1 N–H and O–H groups in total. The van der Waals surface area contributed by atoms with Gasteiger partial charge in [0.1, 0.15) is 0 Å². The lowest BCUT2D eigenvalue weighted by Gasteiger charge is -1.98. The fourth-order valence-corrected chi connectivity index (χ4v) is 0.854. The predicted molar refractivity (Wildman–Crippen MR) is 53.0 cm³/mol. The lowest BCUT2D eigenvalue weighted by Crippen LogP contribution is -2.13. The van der Waals surface area contributed by atoms with Crippen LogP contribution in [0.1, 0.15) is 39.5 Å². The molecule has 0 spiro atoms. The molecule has 0 aromatic carbocycles. The van der Waals surface area contributed by atoms with Gasteiger partial charge in [0.05, 0.1) is 0 Å². The van der Waals surface area contributed by atoms with Crippen molar-refractivity contribution >= 4 is 17.0 Å². The molecule has 2 heteroatoms. The fraction of sp³-hybridized carbons (Fsp3) is 1.00. The second-order valence-corrected chi connectivity index (χ2v) is 2.41. The van der Waals surface area contributed by atoms with E-state index < -0.39 is 0 Å². The first-order valence-corrected chi connectivity index (χ1v) is 4.12. The molecule has 64 valence electrons. The predicted octanol–water partition coefficient (Wildman–Crippen LogP) is 2.75. The van der Waals surface area contributed by atoms with Crippen LogP contribution in [0.4, 0.5) is 0 Å². The fourth-order valence-electron chi connectivity index (χ4n) is 0.854. The van der Waals surface area contributed by atoms with Gasteiger partial charge in [-0.1, -0.05) is 33.1 Å². The summed E-state index contributed by atoms with van der Waals surface area (Å²) < 4.78 is 0. The molecule has 0 aliphatic carbocycles. The summed E-state index contributed by atoms with van der Waals surface area (Å²) in [6.45, 7) is 6.72. The minimum Gasteiger partial charge on any atom is -0.317 e. The van der Waals surface area contributed by atoms with Crippen LogP contribution in [0.3, 0.4) is 0 Å². The molecular formula is C8H20BrN. The molecule has 10 heavy (non-hydrogen) atoms. The Morgan fingerprint density at radius 2 is 1.70 bits per heavy atom. The summed E-state index contributed by atoms with van der Waals surface area (Å²) in [6, 6.07) is 0. The zero-order chi connectivity index (χ0) is 6.95. The minimum absolute atomic E-state index is 0. The van der Waals surface area contributed by atoms with E-state index in [1.165, 1.54) is 32.2 Å². The van der Waals surface area contributed by atoms with Gasteiger partial charge < -0.3 is 5.32 Å². The van der Waals surface area contributed by atoms with E-state index >= 15 is 0 Å². The van der Waals surface area contributed by atoms with E-state index in [0.29, 0.717) is 0 Å². The van der Waals surface area contributed by atoms with Crippen LogP contribution in [0.15, 0.2) is 0 Å². The first-order valence-electron chi connectivity index (χ1n) is 4.12. The zero-order valence-electron chi connectivity index (χ0n) is 7.15. The molecule has 1 nitrogen and oxygen atoms in total. The molecule has 0 fully saturated rings. The Balaban J connectivity index is 0. The Morgan fingerprint density at radius 1 is 1.00 bits per heavy atom. The van der Waals surface area contributed by atoms with E-state index in [-0.39, 0.29) is 17.0 Å². The minimum atomic E-state index is 0. The standard InChI is InChI=1S/C8H19N.BrH/c1-3-5-6-7-8-9-4-2;/h9H,3-8H2,1-2H3;1H. The number of hydrogen-bond donors (Lipinski definition) is 1. The van der Waals surface area contributed by atoms with Crippen LogP contribution < -0.4 is 5.32 Å². The quantitative estimate of drug-likeness (QED) is 0.664. The average Bonchev–Trinajstić information content (AvgIpc) is 1.89. The zero-order valence-corrected chi connectivity index (χ0v) is 8.86. The lowest BCUT2D eigenvalue weighted by molar-refractivity contribution is 0.611. The number of nitrogens with one attached hydrogen (secondary N) is 1. The van der Waals surface area contributed by atoms with Crippen molar-refractivity contribution in [2.45, 2.75) is 39.5 Å². The summed E-state index contributed by atoms with van der Waals surface area (Å²) in [5, 5.41) is 3.31. The molecule has 0 unspecified atom stereocenters. The van der Waals surface area contributed by atoms with Gasteiger partial charge in [-0.25, -0.2) is 0 Å². The van der Waals surface area contributed by atoms with E-state index in [2.05, 4.69) is 19.2 Å². The molecule has 0 atom stereocenters. The lowest BCUT2D eigenvalue weighted by atomic mass is 10.2. The summed E-state index contributed by atoms with van der Waals surface area (Å²) in [4.78, 5) is 0. The molecular weight excluding hydrogens is 190 g/mol. The topological polar surface area (TPSA) is 12.0 Å². The Kier molecular flexibility index (Phi) is 15.9. The number of halogens is 1. The third-order valence-corrected chi connectivity index (χ3v) is 1.46. The van der Waals surface area contributed by atoms with Crippen LogP contribution in [0, 0.1) is 0 Å². The van der Waals surface area contributed by atoms with Crippen LogP contribution in [0.5, 0.6) is 0 Å². The Labute approximate surface area is 75.4 Å². The van der Waals surface area contributed by atoms with Crippen molar-refractivity contribution < 1.29 is 0 Å².